The average molecular weight is 582 g/mol. The number of carboxylic acid groups (broad SMARTS) is 1. The van der Waals surface area contributed by atoms with Gasteiger partial charge in [0.15, 0.2) is 29.0 Å². The van der Waals surface area contributed by atoms with Crippen LogP contribution in [0.15, 0.2) is 55.1 Å². The third kappa shape index (κ3) is 5.37. The molecule has 41 heavy (non-hydrogen) atoms. The molecule has 2 saturated heterocycles. The lowest BCUT2D eigenvalue weighted by atomic mass is 10.1. The minimum atomic E-state index is -1.21. The highest BCUT2D eigenvalue weighted by Crippen LogP contribution is 2.44. The molecule has 3 aromatic heterocycles. The second-order valence-corrected chi connectivity index (χ2v) is 10.1. The summed E-state index contributed by atoms with van der Waals surface area (Å²) in [6.45, 7) is 3.46. The number of aromatic carboxylic acids is 1. The van der Waals surface area contributed by atoms with Gasteiger partial charge in [0.2, 0.25) is 5.88 Å². The van der Waals surface area contributed by atoms with E-state index < -0.39 is 42.3 Å². The monoisotopic (exact) mass is 581 g/mol. The summed E-state index contributed by atoms with van der Waals surface area (Å²) in [5.74, 6) is -2.07. The number of imidazole rings is 1. The number of benzene rings is 1. The topological polar surface area (TPSA) is 172 Å². The number of ether oxygens (including phenoxy) is 4. The number of anilines is 2. The molecule has 6 rings (SSSR count). The molecule has 15 heteroatoms. The zero-order valence-corrected chi connectivity index (χ0v) is 22.5. The number of hydrogen-bond donors (Lipinski definition) is 3. The van der Waals surface area contributed by atoms with Gasteiger partial charge >= 0.3 is 12.0 Å². The van der Waals surface area contributed by atoms with Gasteiger partial charge in [-0.2, -0.15) is 0 Å². The van der Waals surface area contributed by atoms with Gasteiger partial charge in [-0.05, 0) is 38.1 Å². The minimum Gasteiger partial charge on any atom is -0.477 e. The average Bonchev–Trinajstić information content (AvgIpc) is 3.59. The highest BCUT2D eigenvalue weighted by atomic mass is 35.5. The Kier molecular flexibility index (Phi) is 6.91. The van der Waals surface area contributed by atoms with Crippen LogP contribution in [0.4, 0.5) is 16.3 Å². The Bertz CT molecular complexity index is 1620. The fourth-order valence-electron chi connectivity index (χ4n) is 4.79. The number of pyridine rings is 1. The highest BCUT2D eigenvalue weighted by Gasteiger charge is 2.56. The van der Waals surface area contributed by atoms with Gasteiger partial charge in [-0.15, -0.1) is 0 Å². The molecular weight excluding hydrogens is 558 g/mol. The van der Waals surface area contributed by atoms with Gasteiger partial charge in [0.25, 0.3) is 0 Å². The molecule has 0 aliphatic carbocycles. The van der Waals surface area contributed by atoms with Crippen LogP contribution in [0.5, 0.6) is 5.88 Å². The summed E-state index contributed by atoms with van der Waals surface area (Å²) in [6, 6.07) is 11.2. The van der Waals surface area contributed by atoms with Gasteiger partial charge < -0.3 is 29.4 Å². The molecule has 2 aliphatic heterocycles. The number of para-hydroxylation sites is 1. The molecule has 2 amide bonds. The van der Waals surface area contributed by atoms with Crippen LogP contribution < -0.4 is 15.4 Å². The summed E-state index contributed by atoms with van der Waals surface area (Å²) in [5, 5.41) is 15.0. The van der Waals surface area contributed by atoms with Crippen molar-refractivity contribution in [3.05, 3.63) is 65.8 Å². The number of carbonyl (C=O) groups is 2. The Morgan fingerprint density at radius 1 is 1.07 bits per heavy atom. The van der Waals surface area contributed by atoms with Crippen LogP contribution >= 0.6 is 11.6 Å². The predicted molar refractivity (Wildman–Crippen MR) is 144 cm³/mol. The second kappa shape index (κ2) is 10.6. The van der Waals surface area contributed by atoms with Crippen molar-refractivity contribution >= 4 is 46.3 Å². The van der Waals surface area contributed by atoms with Crippen LogP contribution in [0.2, 0.25) is 5.15 Å². The van der Waals surface area contributed by atoms with E-state index in [1.807, 2.05) is 6.07 Å². The molecule has 4 atom stereocenters. The summed E-state index contributed by atoms with van der Waals surface area (Å²) in [7, 11) is 0. The maximum Gasteiger partial charge on any atom is 0.341 e. The lowest BCUT2D eigenvalue weighted by Gasteiger charge is -2.24. The van der Waals surface area contributed by atoms with Crippen molar-refractivity contribution in [2.45, 2.75) is 44.2 Å². The SMILES string of the molecule is CC1(C)OC2C(COc3nc(Cl)ccc3C(=O)O)OC(n3cnc4c(NC(=O)Nc5ccccc5)ncnc43)C2O1. The van der Waals surface area contributed by atoms with Crippen molar-refractivity contribution in [2.24, 2.45) is 0 Å². The van der Waals surface area contributed by atoms with Crippen molar-refractivity contribution < 1.29 is 33.6 Å². The molecular formula is C26H24ClN7O7. The number of hydrogen-bond acceptors (Lipinski definition) is 10. The van der Waals surface area contributed by atoms with E-state index >= 15 is 0 Å². The van der Waals surface area contributed by atoms with Crippen LogP contribution in [0, 0.1) is 0 Å². The van der Waals surface area contributed by atoms with E-state index in [4.69, 9.17) is 30.5 Å². The van der Waals surface area contributed by atoms with E-state index in [0.717, 1.165) is 0 Å². The summed E-state index contributed by atoms with van der Waals surface area (Å²) in [6.07, 6.45) is 0.237. The largest absolute Gasteiger partial charge is 0.477 e. The van der Waals surface area contributed by atoms with Crippen LogP contribution in [0.25, 0.3) is 11.2 Å². The first-order valence-electron chi connectivity index (χ1n) is 12.5. The number of nitrogens with one attached hydrogen (secondary N) is 2. The first-order valence-corrected chi connectivity index (χ1v) is 12.9. The third-order valence-corrected chi connectivity index (χ3v) is 6.67. The van der Waals surface area contributed by atoms with Crippen LogP contribution in [0.1, 0.15) is 30.4 Å². The molecule has 0 saturated carbocycles. The van der Waals surface area contributed by atoms with Gasteiger partial charge in [0, 0.05) is 5.69 Å². The minimum absolute atomic E-state index is 0.0844. The number of fused-ring (bicyclic) bond motifs is 2. The summed E-state index contributed by atoms with van der Waals surface area (Å²) in [4.78, 5) is 41.2. The maximum absolute atomic E-state index is 12.6. The lowest BCUT2D eigenvalue weighted by molar-refractivity contribution is -0.199. The van der Waals surface area contributed by atoms with Crippen molar-refractivity contribution in [1.29, 1.82) is 0 Å². The van der Waals surface area contributed by atoms with Gasteiger partial charge in [-0.3, -0.25) is 9.88 Å². The normalized spacial score (nSPS) is 22.8. The molecule has 0 radical (unpaired) electrons. The van der Waals surface area contributed by atoms with Crippen LogP contribution in [0.3, 0.4) is 0 Å². The fourth-order valence-corrected chi connectivity index (χ4v) is 4.93. The van der Waals surface area contributed by atoms with Crippen molar-refractivity contribution in [2.75, 3.05) is 17.2 Å². The Labute approximate surface area is 237 Å². The van der Waals surface area contributed by atoms with E-state index in [1.165, 1.54) is 24.8 Å². The van der Waals surface area contributed by atoms with Gasteiger partial charge in [0.05, 0.1) is 6.33 Å². The smallest absolute Gasteiger partial charge is 0.341 e. The van der Waals surface area contributed by atoms with Crippen LogP contribution in [-0.2, 0) is 14.2 Å². The quantitative estimate of drug-likeness (QED) is 0.272. The zero-order chi connectivity index (χ0) is 28.7. The molecule has 5 heterocycles. The molecule has 4 unspecified atom stereocenters. The molecule has 2 fully saturated rings. The molecule has 212 valence electrons. The molecule has 3 N–H and O–H groups in total. The fraction of sp³-hybridized carbons (Fsp3) is 0.308. The van der Waals surface area contributed by atoms with Crippen molar-refractivity contribution in [1.82, 2.24) is 24.5 Å². The number of urea groups is 1. The molecule has 1 aromatic carbocycles. The summed E-state index contributed by atoms with van der Waals surface area (Å²) < 4.78 is 26.0. The zero-order valence-electron chi connectivity index (χ0n) is 21.7. The number of carboxylic acids is 1. The highest BCUT2D eigenvalue weighted by molar-refractivity contribution is 6.29. The molecule has 0 spiro atoms. The van der Waals surface area contributed by atoms with Gasteiger partial charge in [0.1, 0.15) is 42.0 Å². The molecule has 0 bridgehead atoms. The molecule has 2 aliphatic rings. The van der Waals surface area contributed by atoms with E-state index in [-0.39, 0.29) is 29.0 Å². The van der Waals surface area contributed by atoms with Crippen molar-refractivity contribution in [3.8, 4) is 5.88 Å². The number of halogens is 1. The van der Waals surface area contributed by atoms with Crippen molar-refractivity contribution in [3.63, 3.8) is 0 Å². The van der Waals surface area contributed by atoms with E-state index in [1.54, 1.807) is 42.7 Å². The first kappa shape index (κ1) is 26.8. The summed E-state index contributed by atoms with van der Waals surface area (Å²) in [5.41, 5.74) is 1.20. The van der Waals surface area contributed by atoms with E-state index in [0.29, 0.717) is 16.9 Å². The number of amides is 2. The Morgan fingerprint density at radius 3 is 2.63 bits per heavy atom. The number of carbonyl (C=O) groups excluding carboxylic acids is 1. The first-order chi connectivity index (χ1) is 19.7. The van der Waals surface area contributed by atoms with Crippen LogP contribution in [-0.4, -0.2) is 72.3 Å². The predicted octanol–water partition coefficient (Wildman–Crippen LogP) is 3.71. The molecule has 4 aromatic rings. The van der Waals surface area contributed by atoms with Gasteiger partial charge in [-0.1, -0.05) is 29.8 Å². The van der Waals surface area contributed by atoms with E-state index in [9.17, 15) is 14.7 Å². The standard InChI is InChI=1S/C26H24ClN7O7/c1-26(2)40-18-15(10-38-22-14(24(35)36)8-9-16(27)32-22)39-23(19(18)41-26)34-12-30-17-20(28-11-29-21(17)34)33-25(37)31-13-6-4-3-5-7-13/h3-9,11-12,15,18-19,23H,10H2,1-2H3,(H,35,36)(H2,28,29,31,33,37). The van der Waals surface area contributed by atoms with E-state index in [2.05, 4.69) is 30.6 Å². The lowest BCUT2D eigenvalue weighted by Crippen LogP contribution is -2.34. The van der Waals surface area contributed by atoms with Gasteiger partial charge in [-0.25, -0.2) is 29.5 Å². The third-order valence-electron chi connectivity index (χ3n) is 6.46. The maximum atomic E-state index is 12.6. The Hall–Kier alpha value is -4.37. The summed E-state index contributed by atoms with van der Waals surface area (Å²) >= 11 is 5.96. The number of aromatic nitrogens is 5. The molecule has 14 nitrogen and oxygen atoms in total. The Balaban J connectivity index is 1.24. The Morgan fingerprint density at radius 2 is 1.85 bits per heavy atom. The number of rotatable bonds is 7. The number of nitrogens with zero attached hydrogens (tertiary/aromatic N) is 5. The second-order valence-electron chi connectivity index (χ2n) is 9.72.